The van der Waals surface area contributed by atoms with E-state index >= 15 is 0 Å². The summed E-state index contributed by atoms with van der Waals surface area (Å²) < 4.78 is 0. The SMILES string of the molecule is O[C@@H]1c2ccccc2C[C@H]1Sc1ccccc1. The molecule has 0 aliphatic heterocycles. The number of rotatable bonds is 2. The average Bonchev–Trinajstić information content (AvgIpc) is 2.68. The zero-order chi connectivity index (χ0) is 11.7. The summed E-state index contributed by atoms with van der Waals surface area (Å²) in [7, 11) is 0. The summed E-state index contributed by atoms with van der Waals surface area (Å²) >= 11 is 1.77. The van der Waals surface area contributed by atoms with Crippen LogP contribution in [0.25, 0.3) is 0 Å². The molecule has 2 atom stereocenters. The predicted molar refractivity (Wildman–Crippen MR) is 71.2 cm³/mol. The Hall–Kier alpha value is -1.25. The van der Waals surface area contributed by atoms with Gasteiger partial charge < -0.3 is 5.11 Å². The summed E-state index contributed by atoms with van der Waals surface area (Å²) in [5.41, 5.74) is 2.38. The minimum Gasteiger partial charge on any atom is -0.387 e. The molecule has 0 amide bonds. The highest BCUT2D eigenvalue weighted by Gasteiger charge is 2.31. The summed E-state index contributed by atoms with van der Waals surface area (Å²) in [6.07, 6.45) is 0.619. The van der Waals surface area contributed by atoms with Crippen LogP contribution in [-0.2, 0) is 6.42 Å². The van der Waals surface area contributed by atoms with Crippen LogP contribution in [0.4, 0.5) is 0 Å². The van der Waals surface area contributed by atoms with Gasteiger partial charge in [0.15, 0.2) is 0 Å². The van der Waals surface area contributed by atoms with E-state index in [0.29, 0.717) is 0 Å². The Morgan fingerprint density at radius 2 is 1.65 bits per heavy atom. The number of aliphatic hydroxyl groups excluding tert-OH is 1. The van der Waals surface area contributed by atoms with Gasteiger partial charge in [-0.1, -0.05) is 42.5 Å². The summed E-state index contributed by atoms with van der Waals surface area (Å²) in [4.78, 5) is 1.23. The lowest BCUT2D eigenvalue weighted by Gasteiger charge is -2.14. The first-order chi connectivity index (χ1) is 8.34. The van der Waals surface area contributed by atoms with Gasteiger partial charge in [0.25, 0.3) is 0 Å². The van der Waals surface area contributed by atoms with Gasteiger partial charge in [0.1, 0.15) is 0 Å². The highest BCUT2D eigenvalue weighted by Crippen LogP contribution is 2.41. The molecule has 86 valence electrons. The van der Waals surface area contributed by atoms with E-state index in [1.807, 2.05) is 36.4 Å². The van der Waals surface area contributed by atoms with E-state index in [1.165, 1.54) is 10.5 Å². The van der Waals surface area contributed by atoms with Crippen LogP contribution in [0.1, 0.15) is 17.2 Å². The van der Waals surface area contributed by atoms with E-state index in [1.54, 1.807) is 11.8 Å². The van der Waals surface area contributed by atoms with Crippen LogP contribution in [0.5, 0.6) is 0 Å². The molecule has 2 heteroatoms. The Labute approximate surface area is 105 Å². The Morgan fingerprint density at radius 3 is 2.41 bits per heavy atom. The number of fused-ring (bicyclic) bond motifs is 1. The third-order valence-electron chi connectivity index (χ3n) is 3.18. The smallest absolute Gasteiger partial charge is 0.0917 e. The third-order valence-corrected chi connectivity index (χ3v) is 4.45. The first-order valence-electron chi connectivity index (χ1n) is 5.82. The first kappa shape index (κ1) is 10.9. The number of benzene rings is 2. The Morgan fingerprint density at radius 1 is 0.941 bits per heavy atom. The second kappa shape index (κ2) is 4.55. The van der Waals surface area contributed by atoms with Gasteiger partial charge in [-0.05, 0) is 29.7 Å². The highest BCUT2D eigenvalue weighted by atomic mass is 32.2. The van der Waals surface area contributed by atoms with Crippen molar-refractivity contribution in [2.75, 3.05) is 0 Å². The molecular formula is C15H14OS. The van der Waals surface area contributed by atoms with Crippen LogP contribution >= 0.6 is 11.8 Å². The van der Waals surface area contributed by atoms with Crippen LogP contribution < -0.4 is 0 Å². The summed E-state index contributed by atoms with van der Waals surface area (Å²) in [5.74, 6) is 0. The quantitative estimate of drug-likeness (QED) is 0.870. The Bertz CT molecular complexity index is 509. The minimum atomic E-state index is -0.337. The molecule has 17 heavy (non-hydrogen) atoms. The molecule has 2 aromatic rings. The minimum absolute atomic E-state index is 0.245. The van der Waals surface area contributed by atoms with Gasteiger partial charge in [0.2, 0.25) is 0 Å². The molecule has 0 saturated heterocycles. The molecule has 0 saturated carbocycles. The maximum absolute atomic E-state index is 10.3. The molecule has 0 fully saturated rings. The predicted octanol–water partition coefficient (Wildman–Crippen LogP) is 3.44. The van der Waals surface area contributed by atoms with Gasteiger partial charge in [-0.2, -0.15) is 0 Å². The van der Waals surface area contributed by atoms with Gasteiger partial charge in [-0.25, -0.2) is 0 Å². The summed E-state index contributed by atoms with van der Waals surface area (Å²) in [5, 5.41) is 10.5. The number of hydrogen-bond donors (Lipinski definition) is 1. The molecule has 2 aromatic carbocycles. The maximum atomic E-state index is 10.3. The molecule has 0 heterocycles. The van der Waals surface area contributed by atoms with Gasteiger partial charge >= 0.3 is 0 Å². The zero-order valence-electron chi connectivity index (χ0n) is 9.41. The Kier molecular flexibility index (Phi) is 2.91. The lowest BCUT2D eigenvalue weighted by Crippen LogP contribution is -2.08. The van der Waals surface area contributed by atoms with Gasteiger partial charge in [0.05, 0.1) is 6.10 Å². The van der Waals surface area contributed by atoms with Crippen molar-refractivity contribution in [3.8, 4) is 0 Å². The average molecular weight is 242 g/mol. The largest absolute Gasteiger partial charge is 0.387 e. The van der Waals surface area contributed by atoms with Crippen molar-refractivity contribution >= 4 is 11.8 Å². The van der Waals surface area contributed by atoms with E-state index in [4.69, 9.17) is 0 Å². The molecule has 0 radical (unpaired) electrons. The topological polar surface area (TPSA) is 20.2 Å². The molecule has 0 aromatic heterocycles. The molecule has 0 unspecified atom stereocenters. The molecular weight excluding hydrogens is 228 g/mol. The second-order valence-corrected chi connectivity index (χ2v) is 5.63. The normalized spacial score (nSPS) is 22.4. The van der Waals surface area contributed by atoms with Crippen molar-refractivity contribution in [1.82, 2.24) is 0 Å². The fourth-order valence-corrected chi connectivity index (χ4v) is 3.52. The van der Waals surface area contributed by atoms with E-state index < -0.39 is 0 Å². The van der Waals surface area contributed by atoms with Crippen LogP contribution in [0.15, 0.2) is 59.5 Å². The van der Waals surface area contributed by atoms with Crippen LogP contribution in [0, 0.1) is 0 Å². The monoisotopic (exact) mass is 242 g/mol. The molecule has 1 aliphatic rings. The summed E-state index contributed by atoms with van der Waals surface area (Å²) in [6, 6.07) is 18.5. The van der Waals surface area contributed by atoms with Crippen LogP contribution in [-0.4, -0.2) is 10.4 Å². The van der Waals surface area contributed by atoms with Crippen molar-refractivity contribution in [1.29, 1.82) is 0 Å². The fourth-order valence-electron chi connectivity index (χ4n) is 2.32. The fraction of sp³-hybridized carbons (Fsp3) is 0.200. The molecule has 1 N–H and O–H groups in total. The van der Waals surface area contributed by atoms with Crippen molar-refractivity contribution in [3.63, 3.8) is 0 Å². The van der Waals surface area contributed by atoms with Crippen LogP contribution in [0.3, 0.4) is 0 Å². The second-order valence-electron chi connectivity index (χ2n) is 4.32. The maximum Gasteiger partial charge on any atom is 0.0917 e. The number of aliphatic hydroxyl groups is 1. The highest BCUT2D eigenvalue weighted by molar-refractivity contribution is 8.00. The van der Waals surface area contributed by atoms with E-state index in [2.05, 4.69) is 18.2 Å². The third kappa shape index (κ3) is 2.11. The van der Waals surface area contributed by atoms with Gasteiger partial charge in [-0.3, -0.25) is 0 Å². The molecule has 0 spiro atoms. The van der Waals surface area contributed by atoms with Crippen LogP contribution in [0.2, 0.25) is 0 Å². The van der Waals surface area contributed by atoms with E-state index in [-0.39, 0.29) is 11.4 Å². The molecule has 1 aliphatic carbocycles. The van der Waals surface area contributed by atoms with E-state index in [9.17, 15) is 5.11 Å². The first-order valence-corrected chi connectivity index (χ1v) is 6.70. The lowest BCUT2D eigenvalue weighted by molar-refractivity contribution is 0.185. The van der Waals surface area contributed by atoms with Crippen molar-refractivity contribution < 1.29 is 5.11 Å². The van der Waals surface area contributed by atoms with Crippen molar-refractivity contribution in [2.24, 2.45) is 0 Å². The zero-order valence-corrected chi connectivity index (χ0v) is 10.2. The number of hydrogen-bond acceptors (Lipinski definition) is 2. The van der Waals surface area contributed by atoms with Gasteiger partial charge in [-0.15, -0.1) is 11.8 Å². The number of thioether (sulfide) groups is 1. The molecule has 1 nitrogen and oxygen atoms in total. The van der Waals surface area contributed by atoms with Crippen molar-refractivity contribution in [3.05, 3.63) is 65.7 Å². The Balaban J connectivity index is 1.81. The van der Waals surface area contributed by atoms with E-state index in [0.717, 1.165) is 12.0 Å². The lowest BCUT2D eigenvalue weighted by atomic mass is 10.1. The van der Waals surface area contributed by atoms with Crippen molar-refractivity contribution in [2.45, 2.75) is 22.7 Å². The standard InChI is InChI=1S/C15H14OS/c16-15-13-9-5-4-6-11(13)10-14(15)17-12-7-2-1-3-8-12/h1-9,14-16H,10H2/t14-,15-/m1/s1. The summed E-state index contributed by atoms with van der Waals surface area (Å²) in [6.45, 7) is 0. The molecule has 0 bridgehead atoms. The van der Waals surface area contributed by atoms with Gasteiger partial charge in [0, 0.05) is 10.1 Å². The molecule has 3 rings (SSSR count).